The summed E-state index contributed by atoms with van der Waals surface area (Å²) in [6.07, 6.45) is 0.770. The lowest BCUT2D eigenvalue weighted by molar-refractivity contribution is -0.118. The molecule has 0 radical (unpaired) electrons. The molecular weight excluding hydrogens is 367 g/mol. The molecule has 2 rings (SSSR count). The monoisotopic (exact) mass is 392 g/mol. The fourth-order valence-corrected chi connectivity index (χ4v) is 4.23. The fraction of sp³-hybridized carbons (Fsp3) is 0.350. The van der Waals surface area contributed by atoms with Crippen LogP contribution >= 0.6 is 0 Å². The Labute approximate surface area is 160 Å². The van der Waals surface area contributed by atoms with E-state index in [2.05, 4.69) is 0 Å². The summed E-state index contributed by atoms with van der Waals surface area (Å²) in [7, 11) is -1.83. The SMILES string of the molecule is CCN(CC)S(=O)(=O)c1ccc(CCC(=O)N(C)c2ccc(F)cc2)cc1. The minimum absolute atomic E-state index is 0.0959. The quantitative estimate of drug-likeness (QED) is 0.691. The normalized spacial score (nSPS) is 11.6. The van der Waals surface area contributed by atoms with Gasteiger partial charge in [-0.2, -0.15) is 4.31 Å². The van der Waals surface area contributed by atoms with E-state index in [0.717, 1.165) is 5.56 Å². The van der Waals surface area contributed by atoms with Gasteiger partial charge in [0.2, 0.25) is 15.9 Å². The van der Waals surface area contributed by atoms with E-state index in [-0.39, 0.29) is 23.0 Å². The summed E-state index contributed by atoms with van der Waals surface area (Å²) in [5.74, 6) is -0.444. The van der Waals surface area contributed by atoms with Crippen molar-refractivity contribution in [2.45, 2.75) is 31.6 Å². The van der Waals surface area contributed by atoms with Crippen molar-refractivity contribution < 1.29 is 17.6 Å². The molecule has 0 N–H and O–H groups in total. The van der Waals surface area contributed by atoms with Crippen LogP contribution < -0.4 is 4.90 Å². The summed E-state index contributed by atoms with van der Waals surface area (Å²) < 4.78 is 39.3. The third kappa shape index (κ3) is 5.14. The van der Waals surface area contributed by atoms with Crippen LogP contribution in [0.15, 0.2) is 53.4 Å². The topological polar surface area (TPSA) is 57.7 Å². The molecule has 0 aliphatic carbocycles. The van der Waals surface area contributed by atoms with Gasteiger partial charge in [0.15, 0.2) is 0 Å². The Morgan fingerprint density at radius 3 is 2.04 bits per heavy atom. The van der Waals surface area contributed by atoms with Crippen molar-refractivity contribution in [3.8, 4) is 0 Å². The molecule has 2 aromatic rings. The summed E-state index contributed by atoms with van der Waals surface area (Å²) in [4.78, 5) is 14.1. The van der Waals surface area contributed by atoms with E-state index in [9.17, 15) is 17.6 Å². The smallest absolute Gasteiger partial charge is 0.243 e. The van der Waals surface area contributed by atoms with E-state index in [1.807, 2.05) is 0 Å². The van der Waals surface area contributed by atoms with Crippen molar-refractivity contribution in [3.63, 3.8) is 0 Å². The molecule has 0 aromatic heterocycles. The maximum Gasteiger partial charge on any atom is 0.243 e. The summed E-state index contributed by atoms with van der Waals surface area (Å²) in [6, 6.07) is 12.4. The van der Waals surface area contributed by atoms with Gasteiger partial charge in [0, 0.05) is 32.2 Å². The second-order valence-corrected chi connectivity index (χ2v) is 8.10. The Kier molecular flexibility index (Phi) is 7.10. The minimum Gasteiger partial charge on any atom is -0.315 e. The number of benzene rings is 2. The van der Waals surface area contributed by atoms with Gasteiger partial charge in [0.05, 0.1) is 4.90 Å². The zero-order valence-electron chi connectivity index (χ0n) is 15.9. The number of aryl methyl sites for hydroxylation is 1. The molecule has 146 valence electrons. The number of rotatable bonds is 8. The molecule has 0 aliphatic heterocycles. The number of hydrogen-bond donors (Lipinski definition) is 0. The van der Waals surface area contributed by atoms with Gasteiger partial charge in [-0.3, -0.25) is 4.79 Å². The van der Waals surface area contributed by atoms with Crippen molar-refractivity contribution in [2.24, 2.45) is 0 Å². The molecule has 0 saturated carbocycles. The highest BCUT2D eigenvalue weighted by Crippen LogP contribution is 2.18. The van der Waals surface area contributed by atoms with Gasteiger partial charge < -0.3 is 4.90 Å². The maximum atomic E-state index is 13.0. The van der Waals surface area contributed by atoms with E-state index >= 15 is 0 Å². The van der Waals surface area contributed by atoms with E-state index in [0.29, 0.717) is 25.2 Å². The number of hydrogen-bond acceptors (Lipinski definition) is 3. The predicted octanol–water partition coefficient (Wildman–Crippen LogP) is 3.45. The zero-order chi connectivity index (χ0) is 20.0. The first-order chi connectivity index (χ1) is 12.8. The van der Waals surface area contributed by atoms with Crippen LogP contribution in [0.2, 0.25) is 0 Å². The molecule has 0 bridgehead atoms. The van der Waals surface area contributed by atoms with Crippen molar-refractivity contribution in [2.75, 3.05) is 25.0 Å². The molecular formula is C20H25FN2O3S. The molecule has 0 spiro atoms. The van der Waals surface area contributed by atoms with Gasteiger partial charge in [-0.05, 0) is 48.4 Å². The van der Waals surface area contributed by atoms with E-state index in [4.69, 9.17) is 0 Å². The molecule has 1 amide bonds. The number of halogens is 1. The summed E-state index contributed by atoms with van der Waals surface area (Å²) in [5, 5.41) is 0. The first-order valence-corrected chi connectivity index (χ1v) is 10.3. The Bertz CT molecular complexity index is 861. The highest BCUT2D eigenvalue weighted by Gasteiger charge is 2.21. The van der Waals surface area contributed by atoms with Crippen LogP contribution in [0.1, 0.15) is 25.8 Å². The molecule has 0 heterocycles. The average molecular weight is 392 g/mol. The van der Waals surface area contributed by atoms with E-state index < -0.39 is 10.0 Å². The van der Waals surface area contributed by atoms with Crippen LogP contribution in [0, 0.1) is 5.82 Å². The second kappa shape index (κ2) is 9.10. The van der Waals surface area contributed by atoms with Gasteiger partial charge >= 0.3 is 0 Å². The van der Waals surface area contributed by atoms with Crippen molar-refractivity contribution in [1.82, 2.24) is 4.31 Å². The Balaban J connectivity index is 2.00. The van der Waals surface area contributed by atoms with Crippen LogP contribution in [0.5, 0.6) is 0 Å². The van der Waals surface area contributed by atoms with Crippen LogP contribution in [0.3, 0.4) is 0 Å². The van der Waals surface area contributed by atoms with Crippen molar-refractivity contribution >= 4 is 21.6 Å². The number of sulfonamides is 1. The molecule has 0 aliphatic rings. The zero-order valence-corrected chi connectivity index (χ0v) is 16.7. The fourth-order valence-electron chi connectivity index (χ4n) is 2.77. The minimum atomic E-state index is -3.47. The number of nitrogens with zero attached hydrogens (tertiary/aromatic N) is 2. The molecule has 0 unspecified atom stereocenters. The highest BCUT2D eigenvalue weighted by atomic mass is 32.2. The van der Waals surface area contributed by atoms with Crippen molar-refractivity contribution in [1.29, 1.82) is 0 Å². The maximum absolute atomic E-state index is 13.0. The number of carbonyl (C=O) groups excluding carboxylic acids is 1. The third-order valence-corrected chi connectivity index (χ3v) is 6.55. The van der Waals surface area contributed by atoms with Gasteiger partial charge in [-0.25, -0.2) is 12.8 Å². The number of anilines is 1. The summed E-state index contributed by atoms with van der Waals surface area (Å²) in [6.45, 7) is 4.45. The van der Waals surface area contributed by atoms with Gasteiger partial charge in [0.25, 0.3) is 0 Å². The summed E-state index contributed by atoms with van der Waals surface area (Å²) in [5.41, 5.74) is 1.51. The predicted molar refractivity (Wildman–Crippen MR) is 105 cm³/mol. The third-order valence-electron chi connectivity index (χ3n) is 4.48. The number of carbonyl (C=O) groups is 1. The second-order valence-electron chi connectivity index (χ2n) is 6.16. The highest BCUT2D eigenvalue weighted by molar-refractivity contribution is 7.89. The largest absolute Gasteiger partial charge is 0.315 e. The molecule has 0 fully saturated rings. The van der Waals surface area contributed by atoms with Crippen LogP contribution in [-0.2, 0) is 21.2 Å². The summed E-state index contributed by atoms with van der Waals surface area (Å²) >= 11 is 0. The first-order valence-electron chi connectivity index (χ1n) is 8.90. The van der Waals surface area contributed by atoms with Crippen LogP contribution in [0.25, 0.3) is 0 Å². The van der Waals surface area contributed by atoms with Crippen LogP contribution in [0.4, 0.5) is 10.1 Å². The van der Waals surface area contributed by atoms with Gasteiger partial charge in [-0.1, -0.05) is 26.0 Å². The lowest BCUT2D eigenvalue weighted by Gasteiger charge is -2.19. The standard InChI is InChI=1S/C20H25FN2O3S/c1-4-23(5-2)27(25,26)19-13-6-16(7-14-19)8-15-20(24)22(3)18-11-9-17(21)10-12-18/h6-7,9-14H,4-5,8,15H2,1-3H3. The Hall–Kier alpha value is -2.25. The molecule has 27 heavy (non-hydrogen) atoms. The molecule has 5 nitrogen and oxygen atoms in total. The molecule has 0 saturated heterocycles. The first kappa shape index (κ1) is 21.1. The molecule has 0 atom stereocenters. The van der Waals surface area contributed by atoms with Gasteiger partial charge in [0.1, 0.15) is 5.82 Å². The van der Waals surface area contributed by atoms with Crippen LogP contribution in [-0.4, -0.2) is 38.8 Å². The lowest BCUT2D eigenvalue weighted by Crippen LogP contribution is -2.30. The van der Waals surface area contributed by atoms with Crippen molar-refractivity contribution in [3.05, 3.63) is 59.9 Å². The molecule has 7 heteroatoms. The van der Waals surface area contributed by atoms with E-state index in [1.165, 1.54) is 21.3 Å². The van der Waals surface area contributed by atoms with E-state index in [1.54, 1.807) is 57.3 Å². The average Bonchev–Trinajstić information content (AvgIpc) is 2.67. The Morgan fingerprint density at radius 1 is 0.963 bits per heavy atom. The lowest BCUT2D eigenvalue weighted by atomic mass is 10.1. The Morgan fingerprint density at radius 2 is 1.52 bits per heavy atom. The number of amides is 1. The molecule has 2 aromatic carbocycles. The van der Waals surface area contributed by atoms with Gasteiger partial charge in [-0.15, -0.1) is 0 Å².